The van der Waals surface area contributed by atoms with E-state index in [9.17, 15) is 15.3 Å². The van der Waals surface area contributed by atoms with Crippen molar-refractivity contribution >= 4 is 17.1 Å². The maximum Gasteiger partial charge on any atom is 0.150 e. The zero-order chi connectivity index (χ0) is 32.4. The van der Waals surface area contributed by atoms with E-state index in [1.54, 1.807) is 0 Å². The Kier molecular flexibility index (Phi) is 10.3. The molecule has 0 spiro atoms. The van der Waals surface area contributed by atoms with E-state index in [0.29, 0.717) is 6.42 Å². The van der Waals surface area contributed by atoms with Gasteiger partial charge >= 0.3 is 0 Å². The molecule has 0 aliphatic heterocycles. The van der Waals surface area contributed by atoms with Crippen LogP contribution >= 0.6 is 0 Å². The monoisotopic (exact) mass is 621 g/mol. The molecular formula is C41H39N3O3. The predicted molar refractivity (Wildman–Crippen MR) is 190 cm³/mol. The van der Waals surface area contributed by atoms with E-state index in [2.05, 4.69) is 52.3 Å². The van der Waals surface area contributed by atoms with Crippen LogP contribution in [0.15, 0.2) is 158 Å². The molecule has 0 aliphatic carbocycles. The van der Waals surface area contributed by atoms with Crippen molar-refractivity contribution in [3.05, 3.63) is 197 Å². The quantitative estimate of drug-likeness (QED) is 0.0729. The highest BCUT2D eigenvalue weighted by molar-refractivity contribution is 5.57. The number of rotatable bonds is 13. The van der Waals surface area contributed by atoms with Gasteiger partial charge in [-0.3, -0.25) is 0 Å². The van der Waals surface area contributed by atoms with Gasteiger partial charge in [0.05, 0.1) is 0 Å². The van der Waals surface area contributed by atoms with Crippen LogP contribution in [-0.4, -0.2) is 15.3 Å². The van der Waals surface area contributed by atoms with Crippen molar-refractivity contribution in [1.29, 1.82) is 0 Å². The fourth-order valence-electron chi connectivity index (χ4n) is 5.56. The van der Waals surface area contributed by atoms with Crippen molar-refractivity contribution < 1.29 is 15.3 Å². The van der Waals surface area contributed by atoms with E-state index in [4.69, 9.17) is 0 Å². The van der Waals surface area contributed by atoms with Crippen molar-refractivity contribution in [3.63, 3.8) is 0 Å². The first kappa shape index (κ1) is 31.6. The molecule has 0 aromatic heterocycles. The number of aliphatic hydroxyl groups excluding tert-OH is 3. The molecule has 6 nitrogen and oxygen atoms in total. The molecule has 47 heavy (non-hydrogen) atoms. The first-order valence-electron chi connectivity index (χ1n) is 15.8. The molecule has 6 heteroatoms. The van der Waals surface area contributed by atoms with Gasteiger partial charge in [-0.2, -0.15) is 0 Å². The van der Waals surface area contributed by atoms with E-state index in [-0.39, 0.29) is 0 Å². The van der Waals surface area contributed by atoms with Crippen molar-refractivity contribution in [1.82, 2.24) is 0 Å². The smallest absolute Gasteiger partial charge is 0.150 e. The Morgan fingerprint density at radius 2 is 0.766 bits per heavy atom. The SMILES string of the molecule is OC(Nc1ccc(Cc2ccc(NC(O)c3ccccc3)c(Cc3ccc(NC(O)c4ccccc4)cc3)c2)cc1)c1ccccc1. The van der Waals surface area contributed by atoms with Crippen LogP contribution in [0.25, 0.3) is 0 Å². The minimum absolute atomic E-state index is 0.652. The van der Waals surface area contributed by atoms with Gasteiger partial charge in [0.25, 0.3) is 0 Å². The summed E-state index contributed by atoms with van der Waals surface area (Å²) in [4.78, 5) is 0. The lowest BCUT2D eigenvalue weighted by Gasteiger charge is -2.19. The first-order chi connectivity index (χ1) is 23.0. The van der Waals surface area contributed by atoms with E-state index in [0.717, 1.165) is 62.4 Å². The summed E-state index contributed by atoms with van der Waals surface area (Å²) in [5, 5.41) is 41.7. The van der Waals surface area contributed by atoms with E-state index in [1.165, 1.54) is 0 Å². The Hall–Kier alpha value is -5.40. The molecule has 0 amide bonds. The Morgan fingerprint density at radius 1 is 0.383 bits per heavy atom. The Balaban J connectivity index is 1.17. The number of nitrogens with one attached hydrogen (secondary N) is 3. The second kappa shape index (κ2) is 15.3. The van der Waals surface area contributed by atoms with Gasteiger partial charge in [0, 0.05) is 33.8 Å². The normalized spacial score (nSPS) is 12.9. The minimum Gasteiger partial charge on any atom is -0.369 e. The van der Waals surface area contributed by atoms with Crippen LogP contribution in [0.1, 0.15) is 57.6 Å². The van der Waals surface area contributed by atoms with Crippen LogP contribution in [0.5, 0.6) is 0 Å². The summed E-state index contributed by atoms with van der Waals surface area (Å²) in [7, 11) is 0. The largest absolute Gasteiger partial charge is 0.369 e. The average molecular weight is 622 g/mol. The second-order valence-electron chi connectivity index (χ2n) is 11.6. The third-order valence-electron chi connectivity index (χ3n) is 8.13. The molecular weight excluding hydrogens is 582 g/mol. The van der Waals surface area contributed by atoms with Gasteiger partial charge in [0.1, 0.15) is 0 Å². The van der Waals surface area contributed by atoms with Crippen LogP contribution in [0, 0.1) is 0 Å². The van der Waals surface area contributed by atoms with Crippen LogP contribution in [0.2, 0.25) is 0 Å². The first-order valence-corrected chi connectivity index (χ1v) is 15.8. The maximum absolute atomic E-state index is 11.0. The Morgan fingerprint density at radius 3 is 1.21 bits per heavy atom. The lowest BCUT2D eigenvalue weighted by atomic mass is 9.97. The number of benzene rings is 6. The molecule has 0 saturated carbocycles. The van der Waals surface area contributed by atoms with Crippen molar-refractivity contribution in [2.24, 2.45) is 0 Å². The molecule has 3 unspecified atom stereocenters. The third-order valence-corrected chi connectivity index (χ3v) is 8.13. The number of aliphatic hydroxyl groups is 3. The highest BCUT2D eigenvalue weighted by Crippen LogP contribution is 2.28. The molecule has 0 bridgehead atoms. The average Bonchev–Trinajstić information content (AvgIpc) is 3.12. The van der Waals surface area contributed by atoms with Crippen LogP contribution in [0.4, 0.5) is 17.1 Å². The van der Waals surface area contributed by atoms with Crippen molar-refractivity contribution in [3.8, 4) is 0 Å². The highest BCUT2D eigenvalue weighted by Gasteiger charge is 2.13. The summed E-state index contributed by atoms with van der Waals surface area (Å²) in [5.74, 6) is 0. The summed E-state index contributed by atoms with van der Waals surface area (Å²) in [6, 6.07) is 51.1. The molecule has 0 saturated heterocycles. The summed E-state index contributed by atoms with van der Waals surface area (Å²) in [6.07, 6.45) is -1.05. The number of hydrogen-bond donors (Lipinski definition) is 6. The summed E-state index contributed by atoms with van der Waals surface area (Å²) in [5.41, 5.74) is 9.39. The predicted octanol–water partition coefficient (Wildman–Crippen LogP) is 8.18. The second-order valence-corrected chi connectivity index (χ2v) is 11.6. The van der Waals surface area contributed by atoms with Gasteiger partial charge in [0.2, 0.25) is 0 Å². The van der Waals surface area contributed by atoms with Gasteiger partial charge in [-0.15, -0.1) is 0 Å². The van der Waals surface area contributed by atoms with Crippen molar-refractivity contribution in [2.45, 2.75) is 31.5 Å². The maximum atomic E-state index is 11.0. The number of hydrogen-bond acceptors (Lipinski definition) is 6. The molecule has 0 fully saturated rings. The zero-order valence-corrected chi connectivity index (χ0v) is 26.0. The molecule has 0 radical (unpaired) electrons. The lowest BCUT2D eigenvalue weighted by Crippen LogP contribution is -2.12. The fourth-order valence-corrected chi connectivity index (χ4v) is 5.56. The molecule has 6 aromatic carbocycles. The minimum atomic E-state index is -0.849. The Bertz CT molecular complexity index is 1830. The van der Waals surface area contributed by atoms with E-state index < -0.39 is 18.7 Å². The van der Waals surface area contributed by atoms with Crippen molar-refractivity contribution in [2.75, 3.05) is 16.0 Å². The van der Waals surface area contributed by atoms with Gasteiger partial charge in [-0.05, 0) is 65.4 Å². The molecule has 6 aromatic rings. The molecule has 0 heterocycles. The topological polar surface area (TPSA) is 96.8 Å². The van der Waals surface area contributed by atoms with Crippen LogP contribution in [0.3, 0.4) is 0 Å². The molecule has 6 rings (SSSR count). The summed E-state index contributed by atoms with van der Waals surface area (Å²) in [6.45, 7) is 0. The summed E-state index contributed by atoms with van der Waals surface area (Å²) < 4.78 is 0. The van der Waals surface area contributed by atoms with Gasteiger partial charge < -0.3 is 31.3 Å². The van der Waals surface area contributed by atoms with Gasteiger partial charge in [-0.1, -0.05) is 127 Å². The molecule has 236 valence electrons. The fraction of sp³-hybridized carbons (Fsp3) is 0.122. The van der Waals surface area contributed by atoms with Gasteiger partial charge in [0.15, 0.2) is 18.7 Å². The van der Waals surface area contributed by atoms with Crippen LogP contribution < -0.4 is 16.0 Å². The highest BCUT2D eigenvalue weighted by atomic mass is 16.3. The van der Waals surface area contributed by atoms with E-state index >= 15 is 0 Å². The standard InChI is InChI=1S/C41H39N3O3/c45-39(32-10-4-1-5-11-32)42-36-21-16-29(17-22-36)26-31-20-25-38(44-41(47)34-14-8-3-9-15-34)35(28-31)27-30-18-23-37(24-19-30)43-40(46)33-12-6-2-7-13-33/h1-25,28,39-47H,26-27H2. The Labute approximate surface area is 276 Å². The lowest BCUT2D eigenvalue weighted by molar-refractivity contribution is 0.208. The number of anilines is 3. The van der Waals surface area contributed by atoms with Crippen LogP contribution in [-0.2, 0) is 12.8 Å². The molecule has 0 aliphatic rings. The van der Waals surface area contributed by atoms with E-state index in [1.807, 2.05) is 121 Å². The molecule has 3 atom stereocenters. The summed E-state index contributed by atoms with van der Waals surface area (Å²) >= 11 is 0. The third kappa shape index (κ3) is 8.66. The van der Waals surface area contributed by atoms with Gasteiger partial charge in [-0.25, -0.2) is 0 Å². The molecule has 6 N–H and O–H groups in total. The zero-order valence-electron chi connectivity index (χ0n) is 26.0.